The van der Waals surface area contributed by atoms with Crippen molar-refractivity contribution >= 4 is 23.2 Å². The van der Waals surface area contributed by atoms with E-state index in [0.717, 1.165) is 12.8 Å². The molecule has 1 aliphatic rings. The highest BCUT2D eigenvalue weighted by Gasteiger charge is 2.19. The highest BCUT2D eigenvalue weighted by molar-refractivity contribution is 6.32. The fourth-order valence-electron chi connectivity index (χ4n) is 2.01. The van der Waals surface area contributed by atoms with Crippen LogP contribution in [0.1, 0.15) is 26.2 Å². The lowest BCUT2D eigenvalue weighted by Gasteiger charge is -2.24. The number of hydrogen-bond acceptors (Lipinski definition) is 4. The van der Waals surface area contributed by atoms with Crippen LogP contribution in [0.2, 0.25) is 5.02 Å². The van der Waals surface area contributed by atoms with Crippen LogP contribution in [0.4, 0.5) is 5.69 Å². The summed E-state index contributed by atoms with van der Waals surface area (Å²) in [6, 6.07) is 0.0819. The molecule has 104 valence electrons. The highest BCUT2D eigenvalue weighted by Crippen LogP contribution is 2.18. The van der Waals surface area contributed by atoms with E-state index in [4.69, 9.17) is 11.6 Å². The molecule has 1 atom stereocenters. The van der Waals surface area contributed by atoms with Gasteiger partial charge in [0, 0.05) is 25.6 Å². The van der Waals surface area contributed by atoms with Gasteiger partial charge in [0.15, 0.2) is 0 Å². The monoisotopic (exact) mass is 284 g/mol. The minimum atomic E-state index is -0.284. The van der Waals surface area contributed by atoms with Crippen molar-refractivity contribution in [1.82, 2.24) is 15.1 Å². The van der Waals surface area contributed by atoms with E-state index >= 15 is 0 Å². The zero-order valence-corrected chi connectivity index (χ0v) is 11.5. The van der Waals surface area contributed by atoms with Crippen molar-refractivity contribution < 1.29 is 4.79 Å². The largest absolute Gasteiger partial charge is 0.378 e. The van der Waals surface area contributed by atoms with Crippen LogP contribution in [0.5, 0.6) is 0 Å². The molecule has 0 aromatic carbocycles. The van der Waals surface area contributed by atoms with Gasteiger partial charge in [-0.2, -0.15) is 5.10 Å². The summed E-state index contributed by atoms with van der Waals surface area (Å²) in [4.78, 5) is 23.0. The summed E-state index contributed by atoms with van der Waals surface area (Å²) in [7, 11) is 0. The Morgan fingerprint density at radius 1 is 1.58 bits per heavy atom. The molecule has 2 rings (SSSR count). The van der Waals surface area contributed by atoms with E-state index in [1.54, 1.807) is 6.20 Å². The topological polar surface area (TPSA) is 76.0 Å². The number of piperidine rings is 1. The van der Waals surface area contributed by atoms with Crippen molar-refractivity contribution in [2.45, 2.75) is 38.8 Å². The predicted molar refractivity (Wildman–Crippen MR) is 73.5 cm³/mol. The number of aryl methyl sites for hydroxylation is 1. The van der Waals surface area contributed by atoms with Crippen LogP contribution in [-0.4, -0.2) is 28.3 Å². The Hall–Kier alpha value is -1.56. The second-order valence-corrected chi connectivity index (χ2v) is 4.96. The Morgan fingerprint density at radius 3 is 3.00 bits per heavy atom. The quantitative estimate of drug-likeness (QED) is 0.865. The maximum absolute atomic E-state index is 11.9. The van der Waals surface area contributed by atoms with E-state index in [2.05, 4.69) is 15.7 Å². The van der Waals surface area contributed by atoms with Gasteiger partial charge in [0.25, 0.3) is 5.56 Å². The van der Waals surface area contributed by atoms with Gasteiger partial charge in [-0.05, 0) is 12.8 Å². The zero-order valence-electron chi connectivity index (χ0n) is 10.8. The summed E-state index contributed by atoms with van der Waals surface area (Å²) in [5.74, 6) is 0.0561. The third kappa shape index (κ3) is 3.26. The maximum Gasteiger partial charge on any atom is 0.287 e. The molecule has 1 aliphatic heterocycles. The minimum absolute atomic E-state index is 0.0561. The average Bonchev–Trinajstić information content (AvgIpc) is 2.41. The van der Waals surface area contributed by atoms with Crippen molar-refractivity contribution in [1.29, 1.82) is 0 Å². The number of amides is 1. The molecular weight excluding hydrogens is 268 g/mol. The third-order valence-electron chi connectivity index (χ3n) is 3.05. The molecule has 0 saturated carbocycles. The van der Waals surface area contributed by atoms with E-state index in [9.17, 15) is 9.59 Å². The SMILES string of the molecule is CCCn1ncc(NC2CCC(=O)NC2)c(Cl)c1=O. The number of halogens is 1. The molecule has 2 N–H and O–H groups in total. The Bertz CT molecular complexity index is 519. The summed E-state index contributed by atoms with van der Waals surface area (Å²) in [5, 5.41) is 10.2. The number of carbonyl (C=O) groups excluding carboxylic acids is 1. The van der Waals surface area contributed by atoms with Crippen molar-refractivity contribution in [3.8, 4) is 0 Å². The lowest BCUT2D eigenvalue weighted by Crippen LogP contribution is -2.42. The molecule has 19 heavy (non-hydrogen) atoms. The second-order valence-electron chi connectivity index (χ2n) is 4.58. The van der Waals surface area contributed by atoms with E-state index in [1.165, 1.54) is 4.68 Å². The van der Waals surface area contributed by atoms with Gasteiger partial charge in [-0.3, -0.25) is 9.59 Å². The Kier molecular flexibility index (Phi) is 4.42. The summed E-state index contributed by atoms with van der Waals surface area (Å²) >= 11 is 6.06. The molecule has 2 heterocycles. The first kappa shape index (κ1) is 13.9. The van der Waals surface area contributed by atoms with E-state index in [0.29, 0.717) is 25.2 Å². The molecule has 6 nitrogen and oxygen atoms in total. The molecule has 0 radical (unpaired) electrons. The number of nitrogens with zero attached hydrogens (tertiary/aromatic N) is 2. The number of anilines is 1. The molecule has 0 bridgehead atoms. The van der Waals surface area contributed by atoms with Gasteiger partial charge < -0.3 is 10.6 Å². The first-order valence-corrected chi connectivity index (χ1v) is 6.78. The molecule has 7 heteroatoms. The van der Waals surface area contributed by atoms with Crippen LogP contribution in [-0.2, 0) is 11.3 Å². The molecule has 1 fully saturated rings. The molecule has 0 spiro atoms. The van der Waals surface area contributed by atoms with Crippen molar-refractivity contribution in [2.75, 3.05) is 11.9 Å². The van der Waals surface area contributed by atoms with Crippen LogP contribution >= 0.6 is 11.6 Å². The van der Waals surface area contributed by atoms with Gasteiger partial charge >= 0.3 is 0 Å². The van der Waals surface area contributed by atoms with Crippen molar-refractivity contribution in [2.24, 2.45) is 0 Å². The van der Waals surface area contributed by atoms with Crippen LogP contribution in [0.3, 0.4) is 0 Å². The summed E-state index contributed by atoms with van der Waals surface area (Å²) in [6.45, 7) is 3.06. The highest BCUT2D eigenvalue weighted by atomic mass is 35.5. The van der Waals surface area contributed by atoms with E-state index < -0.39 is 0 Å². The number of nitrogens with one attached hydrogen (secondary N) is 2. The second kappa shape index (κ2) is 6.06. The molecule has 0 aliphatic carbocycles. The van der Waals surface area contributed by atoms with E-state index in [-0.39, 0.29) is 22.5 Å². The predicted octanol–water partition coefficient (Wildman–Crippen LogP) is 0.997. The smallest absolute Gasteiger partial charge is 0.287 e. The molecule has 1 saturated heterocycles. The Morgan fingerprint density at radius 2 is 2.37 bits per heavy atom. The first-order valence-electron chi connectivity index (χ1n) is 6.40. The van der Waals surface area contributed by atoms with Gasteiger partial charge in [-0.1, -0.05) is 18.5 Å². The normalized spacial score (nSPS) is 19.1. The first-order chi connectivity index (χ1) is 9.11. The fourth-order valence-corrected chi connectivity index (χ4v) is 2.21. The summed E-state index contributed by atoms with van der Waals surface area (Å²) in [5.41, 5.74) is 0.244. The molecular formula is C12H17ClN4O2. The summed E-state index contributed by atoms with van der Waals surface area (Å²) in [6.07, 6.45) is 3.59. The van der Waals surface area contributed by atoms with Crippen molar-refractivity contribution in [3.05, 3.63) is 21.6 Å². The average molecular weight is 285 g/mol. The standard InChI is InChI=1S/C12H17ClN4O2/c1-2-5-17-12(19)11(13)9(7-15-17)16-8-3-4-10(18)14-6-8/h7-8,16H,2-6H2,1H3,(H,14,18). The Labute approximate surface area is 116 Å². The molecule has 1 aromatic heterocycles. The van der Waals surface area contributed by atoms with Crippen LogP contribution in [0, 0.1) is 0 Å². The summed E-state index contributed by atoms with van der Waals surface area (Å²) < 4.78 is 1.36. The van der Waals surface area contributed by atoms with Gasteiger partial charge in [-0.15, -0.1) is 0 Å². The van der Waals surface area contributed by atoms with Crippen molar-refractivity contribution in [3.63, 3.8) is 0 Å². The number of aromatic nitrogens is 2. The molecule has 1 aromatic rings. The maximum atomic E-state index is 11.9. The Balaban J connectivity index is 2.11. The lowest BCUT2D eigenvalue weighted by molar-refractivity contribution is -0.122. The number of hydrogen-bond donors (Lipinski definition) is 2. The van der Waals surface area contributed by atoms with E-state index in [1.807, 2.05) is 6.92 Å². The zero-order chi connectivity index (χ0) is 13.8. The van der Waals surface area contributed by atoms with Gasteiger partial charge in [0.1, 0.15) is 5.02 Å². The number of carbonyl (C=O) groups is 1. The molecule has 1 unspecified atom stereocenters. The van der Waals surface area contributed by atoms with Crippen LogP contribution in [0.25, 0.3) is 0 Å². The fraction of sp³-hybridized carbons (Fsp3) is 0.583. The van der Waals surface area contributed by atoms with Crippen LogP contribution < -0.4 is 16.2 Å². The van der Waals surface area contributed by atoms with Gasteiger partial charge in [0.2, 0.25) is 5.91 Å². The van der Waals surface area contributed by atoms with Gasteiger partial charge in [-0.25, -0.2) is 4.68 Å². The molecule has 1 amide bonds. The van der Waals surface area contributed by atoms with Gasteiger partial charge in [0.05, 0.1) is 11.9 Å². The minimum Gasteiger partial charge on any atom is -0.378 e. The third-order valence-corrected chi connectivity index (χ3v) is 3.41. The van der Waals surface area contributed by atoms with Crippen LogP contribution in [0.15, 0.2) is 11.0 Å². The number of rotatable bonds is 4. The lowest BCUT2D eigenvalue weighted by atomic mass is 10.1.